The maximum Gasteiger partial charge on any atom is 0.0634 e. The molecule has 18 heavy (non-hydrogen) atoms. The fraction of sp³-hybridized carbons (Fsp3) is 0.714. The maximum absolute atomic E-state index is 5.60. The van der Waals surface area contributed by atoms with Gasteiger partial charge in [0.15, 0.2) is 0 Å². The van der Waals surface area contributed by atoms with Gasteiger partial charge in [-0.2, -0.15) is 11.3 Å². The average Bonchev–Trinajstić information content (AvgIpc) is 2.88. The van der Waals surface area contributed by atoms with E-state index in [1.54, 1.807) is 11.3 Å². The molecule has 1 fully saturated rings. The number of ether oxygens (including phenoxy) is 1. The molecule has 0 bridgehead atoms. The van der Waals surface area contributed by atoms with E-state index in [4.69, 9.17) is 4.74 Å². The largest absolute Gasteiger partial charge is 0.378 e. The van der Waals surface area contributed by atoms with Gasteiger partial charge in [-0.25, -0.2) is 0 Å². The van der Waals surface area contributed by atoms with E-state index < -0.39 is 0 Å². The van der Waals surface area contributed by atoms with E-state index in [0.717, 1.165) is 39.3 Å². The fourth-order valence-corrected chi connectivity index (χ4v) is 2.95. The number of nitrogens with one attached hydrogen (secondary N) is 1. The van der Waals surface area contributed by atoms with Crippen LogP contribution in [0.1, 0.15) is 19.4 Å². The van der Waals surface area contributed by atoms with E-state index in [1.807, 2.05) is 0 Å². The topological polar surface area (TPSA) is 24.5 Å². The minimum absolute atomic E-state index is 0.528. The van der Waals surface area contributed by atoms with Gasteiger partial charge >= 0.3 is 0 Å². The third-order valence-corrected chi connectivity index (χ3v) is 4.11. The summed E-state index contributed by atoms with van der Waals surface area (Å²) in [7, 11) is 0. The zero-order valence-electron chi connectivity index (χ0n) is 11.4. The van der Waals surface area contributed by atoms with Crippen LogP contribution in [0.4, 0.5) is 0 Å². The zero-order chi connectivity index (χ0) is 12.8. The highest BCUT2D eigenvalue weighted by molar-refractivity contribution is 7.07. The lowest BCUT2D eigenvalue weighted by Gasteiger charge is -2.36. The molecule has 1 aromatic heterocycles. The first-order valence-corrected chi connectivity index (χ1v) is 7.76. The van der Waals surface area contributed by atoms with Crippen molar-refractivity contribution in [2.24, 2.45) is 0 Å². The van der Waals surface area contributed by atoms with Crippen LogP contribution in [0.2, 0.25) is 0 Å². The zero-order valence-corrected chi connectivity index (χ0v) is 12.2. The van der Waals surface area contributed by atoms with Gasteiger partial charge in [0.2, 0.25) is 0 Å². The number of hydrogen-bond acceptors (Lipinski definition) is 4. The summed E-state index contributed by atoms with van der Waals surface area (Å²) in [6, 6.07) is 3.30. The van der Waals surface area contributed by atoms with Crippen molar-refractivity contribution < 1.29 is 4.74 Å². The molecule has 1 atom stereocenters. The van der Waals surface area contributed by atoms with Crippen LogP contribution in [0.15, 0.2) is 16.8 Å². The van der Waals surface area contributed by atoms with Crippen LogP contribution in [0.5, 0.6) is 0 Å². The van der Waals surface area contributed by atoms with Gasteiger partial charge in [0, 0.05) is 31.7 Å². The van der Waals surface area contributed by atoms with Crippen LogP contribution in [-0.2, 0) is 11.2 Å². The molecular weight excluding hydrogens is 244 g/mol. The van der Waals surface area contributed by atoms with E-state index in [9.17, 15) is 0 Å². The van der Waals surface area contributed by atoms with Crippen LogP contribution in [-0.4, -0.2) is 49.8 Å². The average molecular weight is 268 g/mol. The lowest BCUT2D eigenvalue weighted by atomic mass is 10.1. The Morgan fingerprint density at radius 2 is 2.44 bits per heavy atom. The fourth-order valence-electron chi connectivity index (χ4n) is 2.25. The Kier molecular flexibility index (Phi) is 5.63. The van der Waals surface area contributed by atoms with Crippen LogP contribution in [0, 0.1) is 0 Å². The predicted octanol–water partition coefficient (Wildman–Crippen LogP) is 1.99. The summed E-state index contributed by atoms with van der Waals surface area (Å²) in [5.74, 6) is 0. The number of nitrogens with zero attached hydrogens (tertiary/aromatic N) is 1. The van der Waals surface area contributed by atoms with Gasteiger partial charge in [0.05, 0.1) is 13.2 Å². The van der Waals surface area contributed by atoms with Gasteiger partial charge < -0.3 is 10.1 Å². The van der Waals surface area contributed by atoms with Crippen molar-refractivity contribution in [3.8, 4) is 0 Å². The Morgan fingerprint density at radius 3 is 3.17 bits per heavy atom. The van der Waals surface area contributed by atoms with Crippen LogP contribution in [0.25, 0.3) is 0 Å². The molecule has 0 aromatic carbocycles. The molecule has 0 radical (unpaired) electrons. The van der Waals surface area contributed by atoms with E-state index in [-0.39, 0.29) is 0 Å². The summed E-state index contributed by atoms with van der Waals surface area (Å²) in [5.41, 5.74) is 1.46. The Bertz CT molecular complexity index is 327. The van der Waals surface area contributed by atoms with Gasteiger partial charge in [-0.3, -0.25) is 4.90 Å². The van der Waals surface area contributed by atoms with Crippen molar-refractivity contribution in [1.82, 2.24) is 10.2 Å². The highest BCUT2D eigenvalue weighted by Gasteiger charge is 2.22. The molecule has 2 heterocycles. The minimum Gasteiger partial charge on any atom is -0.378 e. The van der Waals surface area contributed by atoms with E-state index in [1.165, 1.54) is 5.56 Å². The molecule has 0 saturated carbocycles. The molecule has 0 amide bonds. The third kappa shape index (κ3) is 4.35. The van der Waals surface area contributed by atoms with Gasteiger partial charge in [-0.15, -0.1) is 0 Å². The van der Waals surface area contributed by atoms with Crippen molar-refractivity contribution in [3.05, 3.63) is 22.4 Å². The normalized spacial score (nSPS) is 21.6. The molecular formula is C14H24N2OS. The van der Waals surface area contributed by atoms with Gasteiger partial charge in [0.25, 0.3) is 0 Å². The van der Waals surface area contributed by atoms with Gasteiger partial charge in [0.1, 0.15) is 0 Å². The molecule has 1 aromatic rings. The smallest absolute Gasteiger partial charge is 0.0634 e. The Labute approximate surface area is 114 Å². The molecule has 4 heteroatoms. The summed E-state index contributed by atoms with van der Waals surface area (Å²) < 4.78 is 5.60. The second-order valence-electron chi connectivity index (χ2n) is 5.21. The molecule has 1 saturated heterocycles. The van der Waals surface area contributed by atoms with Crippen molar-refractivity contribution in [2.45, 2.75) is 32.4 Å². The van der Waals surface area contributed by atoms with Crippen molar-refractivity contribution in [1.29, 1.82) is 0 Å². The molecule has 1 N–H and O–H groups in total. The van der Waals surface area contributed by atoms with Crippen LogP contribution >= 0.6 is 11.3 Å². The van der Waals surface area contributed by atoms with E-state index in [0.29, 0.717) is 12.1 Å². The first kappa shape index (κ1) is 14.0. The first-order chi connectivity index (χ1) is 8.75. The standard InChI is InChI=1S/C14H24N2OS/c1-12(2)15-9-14-10-17-7-6-16(14)5-3-13-4-8-18-11-13/h4,8,11-12,14-15H,3,5-7,9-10H2,1-2H3. The second-order valence-corrected chi connectivity index (χ2v) is 5.99. The maximum atomic E-state index is 5.60. The number of morpholine rings is 1. The lowest BCUT2D eigenvalue weighted by Crippen LogP contribution is -2.51. The molecule has 1 unspecified atom stereocenters. The monoisotopic (exact) mass is 268 g/mol. The Hall–Kier alpha value is -0.420. The molecule has 1 aliphatic rings. The summed E-state index contributed by atoms with van der Waals surface area (Å²) in [5, 5.41) is 7.93. The van der Waals surface area contributed by atoms with E-state index in [2.05, 4.69) is 40.9 Å². The summed E-state index contributed by atoms with van der Waals surface area (Å²) in [6.07, 6.45) is 1.15. The number of thiophene rings is 1. The van der Waals surface area contributed by atoms with Crippen LogP contribution in [0.3, 0.4) is 0 Å². The van der Waals surface area contributed by atoms with Crippen LogP contribution < -0.4 is 5.32 Å². The van der Waals surface area contributed by atoms with Crippen molar-refractivity contribution in [2.75, 3.05) is 32.8 Å². The summed E-state index contributed by atoms with van der Waals surface area (Å²) in [6.45, 7) is 9.37. The second kappa shape index (κ2) is 7.24. The molecule has 0 aliphatic carbocycles. The molecule has 3 nitrogen and oxygen atoms in total. The Balaban J connectivity index is 1.79. The Morgan fingerprint density at radius 1 is 1.56 bits per heavy atom. The quantitative estimate of drug-likeness (QED) is 0.854. The predicted molar refractivity (Wildman–Crippen MR) is 77.3 cm³/mol. The molecule has 102 valence electrons. The van der Waals surface area contributed by atoms with Gasteiger partial charge in [-0.05, 0) is 28.8 Å². The molecule has 0 spiro atoms. The highest BCUT2D eigenvalue weighted by atomic mass is 32.1. The molecule has 1 aliphatic heterocycles. The van der Waals surface area contributed by atoms with Crippen molar-refractivity contribution in [3.63, 3.8) is 0 Å². The summed E-state index contributed by atoms with van der Waals surface area (Å²) >= 11 is 1.79. The van der Waals surface area contributed by atoms with Crippen molar-refractivity contribution >= 4 is 11.3 Å². The molecule has 2 rings (SSSR count). The SMILES string of the molecule is CC(C)NCC1COCCN1CCc1ccsc1. The number of rotatable bonds is 6. The van der Waals surface area contributed by atoms with E-state index >= 15 is 0 Å². The first-order valence-electron chi connectivity index (χ1n) is 6.82. The third-order valence-electron chi connectivity index (χ3n) is 3.38. The highest BCUT2D eigenvalue weighted by Crippen LogP contribution is 2.11. The summed E-state index contributed by atoms with van der Waals surface area (Å²) in [4.78, 5) is 2.57. The van der Waals surface area contributed by atoms with Gasteiger partial charge in [-0.1, -0.05) is 13.8 Å². The number of hydrogen-bond donors (Lipinski definition) is 1. The lowest BCUT2D eigenvalue weighted by molar-refractivity contribution is -0.00671. The minimum atomic E-state index is 0.528.